The van der Waals surface area contributed by atoms with Gasteiger partial charge in [-0.05, 0) is 36.0 Å². The predicted octanol–water partition coefficient (Wildman–Crippen LogP) is 4.28. The fraction of sp³-hybridized carbons (Fsp3) is 0.350. The molecule has 0 bridgehead atoms. The third kappa shape index (κ3) is 2.23. The maximum absolute atomic E-state index is 12.6. The molecule has 2 aromatic rings. The topological polar surface area (TPSA) is 20.3 Å². The summed E-state index contributed by atoms with van der Waals surface area (Å²) in [7, 11) is 0. The predicted molar refractivity (Wildman–Crippen MR) is 87.6 cm³/mol. The zero-order valence-electron chi connectivity index (χ0n) is 12.7. The van der Waals surface area contributed by atoms with Crippen molar-refractivity contribution in [1.82, 2.24) is 4.90 Å². The standard InChI is InChI=1S/C20H21NO/c22-20-13-12-16(15-7-2-1-3-8-15)17-9-4-5-10-18(17)19-11-6-14-21(19)20/h1-5,7-10,16,19H,6,11-14H2/t16-,19-/m0/s1. The van der Waals surface area contributed by atoms with Crippen LogP contribution < -0.4 is 0 Å². The van der Waals surface area contributed by atoms with Gasteiger partial charge in [-0.3, -0.25) is 4.79 Å². The van der Waals surface area contributed by atoms with Crippen LogP contribution in [-0.4, -0.2) is 17.4 Å². The van der Waals surface area contributed by atoms with Gasteiger partial charge in [-0.2, -0.15) is 0 Å². The highest BCUT2D eigenvalue weighted by Gasteiger charge is 2.34. The van der Waals surface area contributed by atoms with E-state index in [1.54, 1.807) is 0 Å². The molecule has 2 aliphatic rings. The Labute approximate surface area is 131 Å². The van der Waals surface area contributed by atoms with Gasteiger partial charge in [-0.15, -0.1) is 0 Å². The number of fused-ring (bicyclic) bond motifs is 3. The molecule has 0 radical (unpaired) electrons. The summed E-state index contributed by atoms with van der Waals surface area (Å²) in [5.41, 5.74) is 4.11. The fourth-order valence-electron chi connectivity index (χ4n) is 4.12. The molecule has 0 spiro atoms. The summed E-state index contributed by atoms with van der Waals surface area (Å²) in [5.74, 6) is 0.669. The number of carbonyl (C=O) groups excluding carboxylic acids is 1. The molecule has 0 aromatic heterocycles. The Hall–Kier alpha value is -2.09. The SMILES string of the molecule is O=C1CC[C@@H](c2ccccc2)c2ccccc2[C@@H]2CCCN12. The van der Waals surface area contributed by atoms with Gasteiger partial charge in [0.25, 0.3) is 0 Å². The number of rotatable bonds is 1. The van der Waals surface area contributed by atoms with Gasteiger partial charge in [-0.25, -0.2) is 0 Å². The molecule has 2 aromatic carbocycles. The van der Waals surface area contributed by atoms with Crippen molar-refractivity contribution in [3.8, 4) is 0 Å². The second-order valence-corrected chi connectivity index (χ2v) is 6.38. The molecular weight excluding hydrogens is 270 g/mol. The third-order valence-electron chi connectivity index (χ3n) is 5.15. The van der Waals surface area contributed by atoms with Crippen LogP contribution in [0.15, 0.2) is 54.6 Å². The van der Waals surface area contributed by atoms with Gasteiger partial charge in [0, 0.05) is 18.9 Å². The Bertz CT molecular complexity index is 679. The lowest BCUT2D eigenvalue weighted by molar-refractivity contribution is -0.132. The molecule has 0 saturated carbocycles. The van der Waals surface area contributed by atoms with E-state index in [4.69, 9.17) is 0 Å². The smallest absolute Gasteiger partial charge is 0.223 e. The molecule has 1 saturated heterocycles. The van der Waals surface area contributed by atoms with E-state index in [9.17, 15) is 4.79 Å². The van der Waals surface area contributed by atoms with Crippen LogP contribution >= 0.6 is 0 Å². The van der Waals surface area contributed by atoms with Crippen molar-refractivity contribution in [2.45, 2.75) is 37.6 Å². The maximum atomic E-state index is 12.6. The number of carbonyl (C=O) groups is 1. The highest BCUT2D eigenvalue weighted by atomic mass is 16.2. The summed E-state index contributed by atoms with van der Waals surface area (Å²) in [6, 6.07) is 19.7. The van der Waals surface area contributed by atoms with Gasteiger partial charge >= 0.3 is 0 Å². The van der Waals surface area contributed by atoms with E-state index in [2.05, 4.69) is 59.5 Å². The molecular formula is C20H21NO. The van der Waals surface area contributed by atoms with Crippen LogP contribution in [0.4, 0.5) is 0 Å². The highest BCUT2D eigenvalue weighted by Crippen LogP contribution is 2.42. The minimum atomic E-state index is 0.287. The molecule has 112 valence electrons. The molecule has 2 nitrogen and oxygen atoms in total. The van der Waals surface area contributed by atoms with Crippen molar-refractivity contribution in [3.05, 3.63) is 71.3 Å². The molecule has 1 fully saturated rings. The molecule has 0 unspecified atom stereocenters. The van der Waals surface area contributed by atoms with Gasteiger partial charge in [0.05, 0.1) is 6.04 Å². The first-order valence-electron chi connectivity index (χ1n) is 8.28. The first-order chi connectivity index (χ1) is 10.8. The van der Waals surface area contributed by atoms with E-state index in [0.29, 0.717) is 18.2 Å². The Morgan fingerprint density at radius 2 is 1.59 bits per heavy atom. The van der Waals surface area contributed by atoms with Gasteiger partial charge in [0.15, 0.2) is 0 Å². The number of hydrogen-bond acceptors (Lipinski definition) is 1. The summed E-state index contributed by atoms with van der Waals surface area (Å²) in [6.07, 6.45) is 3.79. The van der Waals surface area contributed by atoms with Gasteiger partial charge in [-0.1, -0.05) is 54.6 Å². The van der Waals surface area contributed by atoms with Crippen LogP contribution in [0.3, 0.4) is 0 Å². The normalized spacial score (nSPS) is 24.4. The molecule has 2 heteroatoms. The first kappa shape index (κ1) is 13.6. The molecule has 2 aliphatic heterocycles. The Morgan fingerprint density at radius 1 is 0.864 bits per heavy atom. The number of hydrogen-bond donors (Lipinski definition) is 0. The molecule has 2 atom stereocenters. The van der Waals surface area contributed by atoms with E-state index in [1.807, 2.05) is 0 Å². The van der Waals surface area contributed by atoms with Crippen LogP contribution in [0.1, 0.15) is 54.3 Å². The van der Waals surface area contributed by atoms with E-state index < -0.39 is 0 Å². The van der Waals surface area contributed by atoms with Crippen molar-refractivity contribution in [2.75, 3.05) is 6.54 Å². The molecule has 1 amide bonds. The van der Waals surface area contributed by atoms with Crippen molar-refractivity contribution < 1.29 is 4.79 Å². The largest absolute Gasteiger partial charge is 0.336 e. The monoisotopic (exact) mass is 291 g/mol. The second kappa shape index (κ2) is 5.60. The van der Waals surface area contributed by atoms with Crippen molar-refractivity contribution in [1.29, 1.82) is 0 Å². The quantitative estimate of drug-likeness (QED) is 0.768. The average Bonchev–Trinajstić information content (AvgIpc) is 3.04. The lowest BCUT2D eigenvalue weighted by atomic mass is 9.81. The highest BCUT2D eigenvalue weighted by molar-refractivity contribution is 5.77. The lowest BCUT2D eigenvalue weighted by Crippen LogP contribution is -2.33. The Morgan fingerprint density at radius 3 is 2.41 bits per heavy atom. The Balaban J connectivity index is 1.84. The fourth-order valence-corrected chi connectivity index (χ4v) is 4.12. The van der Waals surface area contributed by atoms with Crippen molar-refractivity contribution in [2.24, 2.45) is 0 Å². The lowest BCUT2D eigenvalue weighted by Gasteiger charge is -2.32. The van der Waals surface area contributed by atoms with E-state index in [1.165, 1.54) is 16.7 Å². The van der Waals surface area contributed by atoms with Gasteiger partial charge < -0.3 is 4.90 Å². The molecule has 0 N–H and O–H groups in total. The van der Waals surface area contributed by atoms with E-state index in [-0.39, 0.29) is 6.04 Å². The van der Waals surface area contributed by atoms with E-state index in [0.717, 1.165) is 25.8 Å². The number of nitrogens with zero attached hydrogens (tertiary/aromatic N) is 1. The zero-order chi connectivity index (χ0) is 14.9. The van der Waals surface area contributed by atoms with Crippen molar-refractivity contribution >= 4 is 5.91 Å². The molecule has 0 aliphatic carbocycles. The summed E-state index contributed by atoms with van der Waals surface area (Å²) in [6.45, 7) is 0.924. The summed E-state index contributed by atoms with van der Waals surface area (Å²) in [4.78, 5) is 14.7. The second-order valence-electron chi connectivity index (χ2n) is 6.38. The first-order valence-corrected chi connectivity index (χ1v) is 8.28. The van der Waals surface area contributed by atoms with Crippen molar-refractivity contribution in [3.63, 3.8) is 0 Å². The zero-order valence-corrected chi connectivity index (χ0v) is 12.7. The summed E-state index contributed by atoms with van der Waals surface area (Å²) < 4.78 is 0. The van der Waals surface area contributed by atoms with Gasteiger partial charge in [0.2, 0.25) is 5.91 Å². The van der Waals surface area contributed by atoms with Gasteiger partial charge in [0.1, 0.15) is 0 Å². The van der Waals surface area contributed by atoms with Crippen LogP contribution in [-0.2, 0) is 4.79 Å². The molecule has 4 rings (SSSR count). The minimum Gasteiger partial charge on any atom is -0.336 e. The number of benzene rings is 2. The minimum absolute atomic E-state index is 0.287. The van der Waals surface area contributed by atoms with Crippen LogP contribution in [0.5, 0.6) is 0 Å². The Kier molecular flexibility index (Phi) is 3.45. The molecule has 2 heterocycles. The average molecular weight is 291 g/mol. The molecule has 22 heavy (non-hydrogen) atoms. The maximum Gasteiger partial charge on any atom is 0.223 e. The van der Waals surface area contributed by atoms with E-state index >= 15 is 0 Å². The summed E-state index contributed by atoms with van der Waals surface area (Å²) >= 11 is 0. The van der Waals surface area contributed by atoms with Crippen LogP contribution in [0, 0.1) is 0 Å². The number of amides is 1. The third-order valence-corrected chi connectivity index (χ3v) is 5.15. The summed E-state index contributed by atoms with van der Waals surface area (Å²) in [5, 5.41) is 0. The van der Waals surface area contributed by atoms with Crippen LogP contribution in [0.25, 0.3) is 0 Å². The van der Waals surface area contributed by atoms with Crippen LogP contribution in [0.2, 0.25) is 0 Å².